The lowest BCUT2D eigenvalue weighted by molar-refractivity contribution is 0.669. The minimum absolute atomic E-state index is 0.633. The molecule has 0 spiro atoms. The van der Waals surface area contributed by atoms with Crippen molar-refractivity contribution in [2.24, 2.45) is 0 Å². The largest absolute Gasteiger partial charge is 0.456 e. The summed E-state index contributed by atoms with van der Waals surface area (Å²) in [6.07, 6.45) is 3.77. The molecule has 0 bridgehead atoms. The van der Waals surface area contributed by atoms with E-state index in [1.54, 1.807) is 0 Å². The maximum atomic E-state index is 9.41. The van der Waals surface area contributed by atoms with E-state index in [1.165, 1.54) is 0 Å². The summed E-state index contributed by atoms with van der Waals surface area (Å²) >= 11 is 0. The van der Waals surface area contributed by atoms with Crippen LogP contribution in [0.5, 0.6) is 0 Å². The van der Waals surface area contributed by atoms with E-state index in [9.17, 15) is 5.26 Å². The van der Waals surface area contributed by atoms with Gasteiger partial charge >= 0.3 is 0 Å². The van der Waals surface area contributed by atoms with Crippen LogP contribution in [0.2, 0.25) is 0 Å². The third-order valence-corrected chi connectivity index (χ3v) is 16.8. The van der Waals surface area contributed by atoms with Crippen LogP contribution in [0.1, 0.15) is 5.56 Å². The predicted octanol–water partition coefficient (Wildman–Crippen LogP) is 20.3. The van der Waals surface area contributed by atoms with Crippen molar-refractivity contribution in [2.45, 2.75) is 0 Å². The highest BCUT2D eigenvalue weighted by molar-refractivity contribution is 6.17. The third-order valence-electron chi connectivity index (χ3n) is 16.8. The van der Waals surface area contributed by atoms with Gasteiger partial charge in [0.15, 0.2) is 0 Å². The Kier molecular flexibility index (Phi) is 11.1. The number of aromatic nitrogens is 5. The lowest BCUT2D eigenvalue weighted by Gasteiger charge is -2.10. The Hall–Kier alpha value is -11.9. The molecular formula is C78H44N6O2. The Bertz CT molecular complexity index is 5630. The molecule has 398 valence electrons. The smallest absolute Gasteiger partial charge is 0.145 e. The fourth-order valence-electron chi connectivity index (χ4n) is 12.4. The number of nitrogens with zero attached hydrogens (tertiary/aromatic N) is 6. The number of hydrogen-bond donors (Lipinski definition) is 0. The number of rotatable bonds is 8. The molecule has 86 heavy (non-hydrogen) atoms. The maximum absolute atomic E-state index is 9.41. The quantitative estimate of drug-likeness (QED) is 0.138. The van der Waals surface area contributed by atoms with Gasteiger partial charge < -0.3 is 8.83 Å². The molecule has 0 amide bonds. The van der Waals surface area contributed by atoms with Crippen molar-refractivity contribution in [3.63, 3.8) is 0 Å². The summed E-state index contributed by atoms with van der Waals surface area (Å²) in [5.74, 6) is 0. The molecule has 0 aliphatic carbocycles. The van der Waals surface area contributed by atoms with Gasteiger partial charge in [0.25, 0.3) is 0 Å². The van der Waals surface area contributed by atoms with Gasteiger partial charge in [0, 0.05) is 83.3 Å². The second-order valence-corrected chi connectivity index (χ2v) is 21.8. The van der Waals surface area contributed by atoms with Crippen molar-refractivity contribution in [3.8, 4) is 95.6 Å². The number of nitriles is 1. The van der Waals surface area contributed by atoms with E-state index in [1.807, 2.05) is 67.0 Å². The molecule has 0 atom stereocenters. The average molecular weight is 1100 g/mol. The van der Waals surface area contributed by atoms with E-state index in [0.717, 1.165) is 177 Å². The van der Waals surface area contributed by atoms with Gasteiger partial charge in [0.05, 0.1) is 56.5 Å². The molecule has 17 rings (SSSR count). The molecule has 10 aromatic carbocycles. The van der Waals surface area contributed by atoms with Gasteiger partial charge in [0.2, 0.25) is 0 Å². The van der Waals surface area contributed by atoms with Crippen molar-refractivity contribution in [3.05, 3.63) is 273 Å². The second kappa shape index (κ2) is 19.6. The standard InChI is InChI=1S/C78H44N6O2/c79-44-46-11-13-47(14-12-46)48-15-19-51(20-16-48)61-33-34-62(78-73(61)64-43-58(32-40-70(64)86-78)66-36-28-54-24-23-53-8-5-41-80-74(53)75(54)83-66)68-38-30-59(45-81-68)49-17-21-50(22-18-49)60-9-4-10-71-72(60)63-42-57(31-39-69(63)85-71)67-37-29-56-26-25-55-27-35-65(52-6-2-1-3-7-52)82-76(55)77(56)84-67/h1-43,45H. The fourth-order valence-corrected chi connectivity index (χ4v) is 12.4. The summed E-state index contributed by atoms with van der Waals surface area (Å²) < 4.78 is 13.4. The molecule has 0 saturated carbocycles. The maximum Gasteiger partial charge on any atom is 0.145 e. The van der Waals surface area contributed by atoms with Crippen LogP contribution in [0.25, 0.3) is 177 Å². The topological polar surface area (TPSA) is 115 Å². The molecule has 0 unspecified atom stereocenters. The van der Waals surface area contributed by atoms with Gasteiger partial charge in [-0.1, -0.05) is 164 Å². The van der Waals surface area contributed by atoms with E-state index in [4.69, 9.17) is 33.8 Å². The number of pyridine rings is 5. The Morgan fingerprint density at radius 2 is 0.791 bits per heavy atom. The Balaban J connectivity index is 0.711. The fraction of sp³-hybridized carbons (Fsp3) is 0. The third kappa shape index (κ3) is 8.17. The van der Waals surface area contributed by atoms with Crippen LogP contribution in [-0.2, 0) is 0 Å². The molecule has 8 nitrogen and oxygen atoms in total. The molecule has 0 aliphatic heterocycles. The highest BCUT2D eigenvalue weighted by atomic mass is 16.3. The minimum Gasteiger partial charge on any atom is -0.456 e. The van der Waals surface area contributed by atoms with Crippen molar-refractivity contribution < 1.29 is 8.83 Å². The Morgan fingerprint density at radius 3 is 1.41 bits per heavy atom. The van der Waals surface area contributed by atoms with Crippen LogP contribution < -0.4 is 0 Å². The molecule has 7 heterocycles. The van der Waals surface area contributed by atoms with E-state index in [2.05, 4.69) is 206 Å². The molecule has 0 saturated heterocycles. The zero-order valence-corrected chi connectivity index (χ0v) is 45.9. The van der Waals surface area contributed by atoms with Gasteiger partial charge in [0.1, 0.15) is 22.3 Å². The molecule has 17 aromatic rings. The predicted molar refractivity (Wildman–Crippen MR) is 348 cm³/mol. The van der Waals surface area contributed by atoms with Gasteiger partial charge in [-0.3, -0.25) is 9.97 Å². The van der Waals surface area contributed by atoms with Crippen molar-refractivity contribution in [1.82, 2.24) is 24.9 Å². The van der Waals surface area contributed by atoms with E-state index < -0.39 is 0 Å². The van der Waals surface area contributed by atoms with Crippen LogP contribution in [0, 0.1) is 11.3 Å². The first kappa shape index (κ1) is 48.8. The van der Waals surface area contributed by atoms with Crippen LogP contribution in [0.3, 0.4) is 0 Å². The minimum atomic E-state index is 0.633. The first-order chi connectivity index (χ1) is 42.5. The molecule has 0 radical (unpaired) electrons. The van der Waals surface area contributed by atoms with Crippen LogP contribution in [0.15, 0.2) is 276 Å². The number of benzene rings is 10. The summed E-state index contributed by atoms with van der Waals surface area (Å²) in [4.78, 5) is 25.5. The van der Waals surface area contributed by atoms with Crippen molar-refractivity contribution in [1.29, 1.82) is 5.26 Å². The first-order valence-corrected chi connectivity index (χ1v) is 28.6. The van der Waals surface area contributed by atoms with Gasteiger partial charge in [-0.05, 0) is 130 Å². The molecule has 0 fully saturated rings. The van der Waals surface area contributed by atoms with Crippen molar-refractivity contribution >= 4 is 87.5 Å². The monoisotopic (exact) mass is 1100 g/mol. The molecular weight excluding hydrogens is 1050 g/mol. The second-order valence-electron chi connectivity index (χ2n) is 21.8. The average Bonchev–Trinajstić information content (AvgIpc) is 2.11. The van der Waals surface area contributed by atoms with Gasteiger partial charge in [-0.15, -0.1) is 0 Å². The van der Waals surface area contributed by atoms with Crippen LogP contribution >= 0.6 is 0 Å². The number of hydrogen-bond acceptors (Lipinski definition) is 8. The van der Waals surface area contributed by atoms with Crippen molar-refractivity contribution in [2.75, 3.05) is 0 Å². The van der Waals surface area contributed by atoms with E-state index in [0.29, 0.717) is 5.56 Å². The zero-order chi connectivity index (χ0) is 56.8. The summed E-state index contributed by atoms with van der Waals surface area (Å²) in [5.41, 5.74) is 23.1. The van der Waals surface area contributed by atoms with Crippen LogP contribution in [0.4, 0.5) is 0 Å². The normalized spacial score (nSPS) is 11.7. The molecule has 0 N–H and O–H groups in total. The van der Waals surface area contributed by atoms with Gasteiger partial charge in [-0.2, -0.15) is 5.26 Å². The highest BCUT2D eigenvalue weighted by Crippen LogP contribution is 2.44. The number of fused-ring (bicyclic) bond motifs is 12. The highest BCUT2D eigenvalue weighted by Gasteiger charge is 2.21. The summed E-state index contributed by atoms with van der Waals surface area (Å²) in [5, 5.41) is 17.6. The Labute approximate surface area is 492 Å². The molecule has 7 aromatic heterocycles. The van der Waals surface area contributed by atoms with E-state index >= 15 is 0 Å². The summed E-state index contributed by atoms with van der Waals surface area (Å²) in [6, 6.07) is 90.1. The van der Waals surface area contributed by atoms with E-state index in [-0.39, 0.29) is 0 Å². The molecule has 8 heteroatoms. The molecule has 0 aliphatic rings. The number of furan rings is 2. The summed E-state index contributed by atoms with van der Waals surface area (Å²) in [6.45, 7) is 0. The lowest BCUT2D eigenvalue weighted by atomic mass is 9.93. The summed E-state index contributed by atoms with van der Waals surface area (Å²) in [7, 11) is 0. The van der Waals surface area contributed by atoms with Gasteiger partial charge in [-0.25, -0.2) is 15.0 Å². The first-order valence-electron chi connectivity index (χ1n) is 28.6. The SMILES string of the molecule is N#Cc1ccc(-c2ccc(-c3ccc(-c4ccc(-c5ccc(-c6cccc7oc8ccc(-c9ccc%10ccc%11ccc(-c%12ccccc%12)nc%11c%10n9)cc8c67)cc5)cn4)c4oc5ccc(-c6ccc7ccc8cccnc8c7n6)cc5c34)cc2)cc1. The zero-order valence-electron chi connectivity index (χ0n) is 45.9. The lowest BCUT2D eigenvalue weighted by Crippen LogP contribution is -1.91. The van der Waals surface area contributed by atoms with Crippen LogP contribution in [-0.4, -0.2) is 24.9 Å². The Morgan fingerprint density at radius 1 is 0.302 bits per heavy atom.